The zero-order valence-electron chi connectivity index (χ0n) is 13.3. The Morgan fingerprint density at radius 1 is 1.13 bits per heavy atom. The Balaban J connectivity index is 1.60. The van der Waals surface area contributed by atoms with E-state index >= 15 is 0 Å². The second-order valence-corrected chi connectivity index (χ2v) is 6.09. The van der Waals surface area contributed by atoms with Gasteiger partial charge in [0.15, 0.2) is 5.78 Å². The number of carbonyl (C=O) groups excluding carboxylic acids is 3. The number of fused-ring (bicyclic) bond motifs is 1. The first-order valence-electron chi connectivity index (χ1n) is 7.98. The van der Waals surface area contributed by atoms with Crippen LogP contribution >= 0.6 is 0 Å². The lowest BCUT2D eigenvalue weighted by Crippen LogP contribution is -2.39. The summed E-state index contributed by atoms with van der Waals surface area (Å²) in [4.78, 5) is 38.2. The van der Waals surface area contributed by atoms with Crippen LogP contribution in [0.3, 0.4) is 0 Å². The Morgan fingerprint density at radius 3 is 2.52 bits per heavy atom. The number of nitrogens with zero attached hydrogens (tertiary/aromatic N) is 2. The second-order valence-electron chi connectivity index (χ2n) is 6.09. The minimum absolute atomic E-state index is 0.0902. The van der Waals surface area contributed by atoms with E-state index in [0.29, 0.717) is 13.1 Å². The maximum Gasteiger partial charge on any atom is 0.324 e. The fraction of sp³-hybridized carbons (Fsp3) is 0.471. The molecular weight excluding hydrogens is 294 g/mol. The van der Waals surface area contributed by atoms with Gasteiger partial charge in [-0.05, 0) is 37.0 Å². The predicted octanol–water partition coefficient (Wildman–Crippen LogP) is 0.842. The fourth-order valence-corrected chi connectivity index (χ4v) is 3.14. The van der Waals surface area contributed by atoms with Gasteiger partial charge >= 0.3 is 6.03 Å². The van der Waals surface area contributed by atoms with Crippen LogP contribution in [0, 0.1) is 0 Å². The van der Waals surface area contributed by atoms with Crippen LogP contribution < -0.4 is 5.32 Å². The van der Waals surface area contributed by atoms with E-state index < -0.39 is 0 Å². The van der Waals surface area contributed by atoms with Gasteiger partial charge in [0.1, 0.15) is 0 Å². The van der Waals surface area contributed by atoms with Crippen molar-refractivity contribution >= 4 is 17.7 Å². The summed E-state index contributed by atoms with van der Waals surface area (Å²) in [5, 5.41) is 2.54. The first-order chi connectivity index (χ1) is 11.0. The summed E-state index contributed by atoms with van der Waals surface area (Å²) in [5.74, 6) is -0.0633. The summed E-state index contributed by atoms with van der Waals surface area (Å²) in [5.41, 5.74) is 3.28. The Kier molecular flexibility index (Phi) is 4.43. The van der Waals surface area contributed by atoms with Crippen molar-refractivity contribution in [1.82, 2.24) is 15.1 Å². The quantitative estimate of drug-likeness (QED) is 0.660. The molecule has 0 atom stereocenters. The van der Waals surface area contributed by atoms with Crippen molar-refractivity contribution in [3.63, 3.8) is 0 Å². The smallest absolute Gasteiger partial charge is 0.324 e. The lowest BCUT2D eigenvalue weighted by molar-refractivity contribution is -0.125. The molecule has 0 spiro atoms. The van der Waals surface area contributed by atoms with Crippen LogP contribution in [0.2, 0.25) is 0 Å². The first-order valence-corrected chi connectivity index (χ1v) is 7.98. The minimum atomic E-state index is -0.292. The summed E-state index contributed by atoms with van der Waals surface area (Å²) >= 11 is 0. The topological polar surface area (TPSA) is 69.7 Å². The van der Waals surface area contributed by atoms with Crippen molar-refractivity contribution in [3.05, 3.63) is 34.9 Å². The molecule has 6 nitrogen and oxygen atoms in total. The van der Waals surface area contributed by atoms with Crippen molar-refractivity contribution in [2.24, 2.45) is 0 Å². The highest BCUT2D eigenvalue weighted by Gasteiger charge is 2.28. The number of hydrogen-bond acceptors (Lipinski definition) is 4. The summed E-state index contributed by atoms with van der Waals surface area (Å²) < 4.78 is 0. The molecule has 1 aromatic carbocycles. The number of benzene rings is 1. The average molecular weight is 315 g/mol. The van der Waals surface area contributed by atoms with Crippen LogP contribution in [-0.4, -0.2) is 60.2 Å². The SMILES string of the molecule is CC(=O)c1ccc2c(c1)CCN(CCN1C(=O)CNC1=O)CC2. The van der Waals surface area contributed by atoms with E-state index in [9.17, 15) is 14.4 Å². The molecule has 1 saturated heterocycles. The van der Waals surface area contributed by atoms with E-state index in [1.807, 2.05) is 18.2 Å². The standard InChI is InChI=1S/C17H21N3O3/c1-12(21)14-3-2-13-4-6-19(7-5-15(13)10-14)8-9-20-16(22)11-18-17(20)23/h2-3,10H,4-9,11H2,1H3,(H,18,23). The lowest BCUT2D eigenvalue weighted by Gasteiger charge is -2.22. The Hall–Kier alpha value is -2.21. The van der Waals surface area contributed by atoms with Gasteiger partial charge < -0.3 is 10.2 Å². The van der Waals surface area contributed by atoms with Crippen LogP contribution in [0.15, 0.2) is 18.2 Å². The Morgan fingerprint density at radius 2 is 1.87 bits per heavy atom. The molecule has 2 heterocycles. The van der Waals surface area contributed by atoms with Crippen LogP contribution in [-0.2, 0) is 17.6 Å². The summed E-state index contributed by atoms with van der Waals surface area (Å²) in [7, 11) is 0. The van der Waals surface area contributed by atoms with Crippen molar-refractivity contribution in [1.29, 1.82) is 0 Å². The maximum atomic E-state index is 11.6. The zero-order valence-corrected chi connectivity index (χ0v) is 13.3. The van der Waals surface area contributed by atoms with Gasteiger partial charge in [0.2, 0.25) is 5.91 Å². The van der Waals surface area contributed by atoms with Crippen molar-refractivity contribution in [2.45, 2.75) is 19.8 Å². The van der Waals surface area contributed by atoms with Crippen molar-refractivity contribution < 1.29 is 14.4 Å². The number of carbonyl (C=O) groups is 3. The second kappa shape index (κ2) is 6.50. The highest BCUT2D eigenvalue weighted by atomic mass is 16.2. The van der Waals surface area contributed by atoms with E-state index in [1.54, 1.807) is 6.92 Å². The molecule has 0 bridgehead atoms. The van der Waals surface area contributed by atoms with Gasteiger partial charge in [0.25, 0.3) is 0 Å². The fourth-order valence-electron chi connectivity index (χ4n) is 3.14. The molecule has 1 N–H and O–H groups in total. The molecule has 0 saturated carbocycles. The highest BCUT2D eigenvalue weighted by molar-refractivity contribution is 6.01. The molecule has 23 heavy (non-hydrogen) atoms. The highest BCUT2D eigenvalue weighted by Crippen LogP contribution is 2.18. The summed E-state index contributed by atoms with van der Waals surface area (Å²) in [6.07, 6.45) is 1.81. The number of hydrogen-bond donors (Lipinski definition) is 1. The predicted molar refractivity (Wildman–Crippen MR) is 85.4 cm³/mol. The molecule has 122 valence electrons. The van der Waals surface area contributed by atoms with Crippen LogP contribution in [0.25, 0.3) is 0 Å². The van der Waals surface area contributed by atoms with Crippen molar-refractivity contribution in [2.75, 3.05) is 32.7 Å². The molecule has 0 radical (unpaired) electrons. The molecule has 1 aromatic rings. The Bertz CT molecular complexity index is 640. The molecule has 0 aromatic heterocycles. The monoisotopic (exact) mass is 315 g/mol. The third-order valence-corrected chi connectivity index (χ3v) is 4.58. The minimum Gasteiger partial charge on any atom is -0.329 e. The van der Waals surface area contributed by atoms with E-state index in [0.717, 1.165) is 31.5 Å². The molecule has 0 aliphatic carbocycles. The van der Waals surface area contributed by atoms with Gasteiger partial charge in [-0.2, -0.15) is 0 Å². The van der Waals surface area contributed by atoms with Crippen LogP contribution in [0.5, 0.6) is 0 Å². The van der Waals surface area contributed by atoms with Crippen LogP contribution in [0.4, 0.5) is 4.79 Å². The van der Waals surface area contributed by atoms with Crippen molar-refractivity contribution in [3.8, 4) is 0 Å². The van der Waals surface area contributed by atoms with Gasteiger partial charge in [-0.1, -0.05) is 12.1 Å². The molecule has 2 aliphatic heterocycles. The number of rotatable bonds is 4. The number of nitrogens with one attached hydrogen (secondary N) is 1. The lowest BCUT2D eigenvalue weighted by atomic mass is 9.99. The molecule has 2 aliphatic rings. The maximum absolute atomic E-state index is 11.6. The van der Waals surface area contributed by atoms with Gasteiger partial charge in [-0.25, -0.2) is 4.79 Å². The summed E-state index contributed by atoms with van der Waals surface area (Å²) in [6.45, 7) is 4.58. The normalized spacial score (nSPS) is 18.6. The molecular formula is C17H21N3O3. The van der Waals surface area contributed by atoms with Gasteiger partial charge in [-0.3, -0.25) is 14.5 Å². The number of Topliss-reactive ketones (excluding diaryl/α,β-unsaturated/α-hetero) is 1. The molecule has 1 fully saturated rings. The molecule has 3 rings (SSSR count). The summed E-state index contributed by atoms with van der Waals surface area (Å²) in [6, 6.07) is 5.65. The number of imide groups is 1. The van der Waals surface area contributed by atoms with E-state index in [-0.39, 0.29) is 24.3 Å². The van der Waals surface area contributed by atoms with Gasteiger partial charge in [-0.15, -0.1) is 0 Å². The number of urea groups is 1. The average Bonchev–Trinajstić information content (AvgIpc) is 2.74. The van der Waals surface area contributed by atoms with Gasteiger partial charge in [0.05, 0.1) is 6.54 Å². The largest absolute Gasteiger partial charge is 0.329 e. The number of amides is 3. The molecule has 0 unspecified atom stereocenters. The first kappa shape index (κ1) is 15.7. The molecule has 3 amide bonds. The molecule has 6 heteroatoms. The zero-order chi connectivity index (χ0) is 16.4. The van der Waals surface area contributed by atoms with E-state index in [4.69, 9.17) is 0 Å². The van der Waals surface area contributed by atoms with E-state index in [2.05, 4.69) is 10.2 Å². The third kappa shape index (κ3) is 3.42. The van der Waals surface area contributed by atoms with E-state index in [1.165, 1.54) is 16.0 Å². The van der Waals surface area contributed by atoms with Gasteiger partial charge in [0, 0.05) is 31.7 Å². The van der Waals surface area contributed by atoms with Crippen LogP contribution in [0.1, 0.15) is 28.4 Å². The number of ketones is 1. The third-order valence-electron chi connectivity index (χ3n) is 4.58. The Labute approximate surface area is 135 Å².